The molecule has 1 aliphatic carbocycles. The normalized spacial score (nSPS) is 24.0. The molecule has 0 saturated heterocycles. The molecule has 0 aromatic heterocycles. The van der Waals surface area contributed by atoms with Gasteiger partial charge in [0.15, 0.2) is 0 Å². The van der Waals surface area contributed by atoms with E-state index in [9.17, 15) is 40.0 Å². The highest BCUT2D eigenvalue weighted by molar-refractivity contribution is 7.88. The fourth-order valence-electron chi connectivity index (χ4n) is 5.48. The minimum absolute atomic E-state index is 0.0686. The van der Waals surface area contributed by atoms with Crippen LogP contribution in [0.1, 0.15) is 59.1 Å². The van der Waals surface area contributed by atoms with Crippen molar-refractivity contribution >= 4 is 33.4 Å². The maximum atomic E-state index is 14.0. The maximum absolute atomic E-state index is 14.0. The van der Waals surface area contributed by atoms with Crippen molar-refractivity contribution in [2.24, 2.45) is 0 Å². The highest BCUT2D eigenvalue weighted by Crippen LogP contribution is 2.46. The van der Waals surface area contributed by atoms with Crippen molar-refractivity contribution < 1.29 is 40.0 Å². The first-order chi connectivity index (χ1) is 18.6. The van der Waals surface area contributed by atoms with E-state index >= 15 is 0 Å². The zero-order valence-electron chi connectivity index (χ0n) is 21.2. The van der Waals surface area contributed by atoms with Gasteiger partial charge in [0.05, 0.1) is 24.8 Å². The van der Waals surface area contributed by atoms with Gasteiger partial charge in [0, 0.05) is 22.7 Å². The molecule has 1 heterocycles. The molecule has 1 saturated carbocycles. The van der Waals surface area contributed by atoms with Crippen LogP contribution in [0.4, 0.5) is 22.0 Å². The average molecular weight is 608 g/mol. The van der Waals surface area contributed by atoms with Crippen molar-refractivity contribution in [2.45, 2.75) is 61.8 Å². The van der Waals surface area contributed by atoms with Crippen molar-refractivity contribution in [1.82, 2.24) is 14.9 Å². The predicted molar refractivity (Wildman–Crippen MR) is 138 cm³/mol. The molecule has 2 aromatic carbocycles. The maximum Gasteiger partial charge on any atom is 0.455 e. The van der Waals surface area contributed by atoms with Crippen LogP contribution in [-0.4, -0.2) is 62.1 Å². The number of hydrogen-bond acceptors (Lipinski definition) is 4. The molecule has 1 fully saturated rings. The van der Waals surface area contributed by atoms with Crippen LogP contribution in [0.3, 0.4) is 0 Å². The Morgan fingerprint density at radius 2 is 1.65 bits per heavy atom. The highest BCUT2D eigenvalue weighted by atomic mass is 35.5. The van der Waals surface area contributed by atoms with Gasteiger partial charge >= 0.3 is 12.1 Å². The first kappa shape index (κ1) is 30.2. The minimum atomic E-state index is -5.88. The second-order valence-corrected chi connectivity index (χ2v) is 12.3. The summed E-state index contributed by atoms with van der Waals surface area (Å²) in [6, 6.07) is 9.41. The fourth-order valence-corrected chi connectivity index (χ4v) is 6.43. The van der Waals surface area contributed by atoms with Gasteiger partial charge in [-0.05, 0) is 42.2 Å². The van der Waals surface area contributed by atoms with Gasteiger partial charge in [-0.25, -0.2) is 13.1 Å². The van der Waals surface area contributed by atoms with Crippen LogP contribution in [0.5, 0.6) is 0 Å². The summed E-state index contributed by atoms with van der Waals surface area (Å²) in [5, 5.41) is 2.09. The van der Waals surface area contributed by atoms with Crippen molar-refractivity contribution in [3.8, 4) is 0 Å². The molecule has 14 heteroatoms. The SMILES string of the molecule is CS(=O)(=O)N[C@H]1CCCC[C@@H]1N1C(=O)c2ccccc2[C@@H](C(=O)NCC(F)(F)C(F)(F)F)[C@@H]1c1ccc(Cl)cc1. The monoisotopic (exact) mass is 607 g/mol. The zero-order valence-corrected chi connectivity index (χ0v) is 22.8. The van der Waals surface area contributed by atoms with Crippen LogP contribution in [0.15, 0.2) is 48.5 Å². The smallest absolute Gasteiger partial charge is 0.349 e. The number of fused-ring (bicyclic) bond motifs is 1. The first-order valence-corrected chi connectivity index (χ1v) is 14.7. The number of alkyl halides is 5. The van der Waals surface area contributed by atoms with Crippen molar-refractivity contribution in [1.29, 1.82) is 0 Å². The number of nitrogens with zero attached hydrogens (tertiary/aromatic N) is 1. The van der Waals surface area contributed by atoms with E-state index in [1.165, 1.54) is 53.4 Å². The van der Waals surface area contributed by atoms with E-state index in [-0.39, 0.29) is 11.1 Å². The fraction of sp³-hybridized carbons (Fsp3) is 0.462. The first-order valence-electron chi connectivity index (χ1n) is 12.5. The van der Waals surface area contributed by atoms with E-state index in [0.29, 0.717) is 36.3 Å². The predicted octanol–water partition coefficient (Wildman–Crippen LogP) is 4.79. The van der Waals surface area contributed by atoms with E-state index in [4.69, 9.17) is 11.6 Å². The zero-order chi connectivity index (χ0) is 29.5. The van der Waals surface area contributed by atoms with Gasteiger partial charge in [-0.1, -0.05) is 54.8 Å². The summed E-state index contributed by atoms with van der Waals surface area (Å²) < 4.78 is 93.0. The Kier molecular flexibility index (Phi) is 8.49. The van der Waals surface area contributed by atoms with E-state index in [2.05, 4.69) is 4.72 Å². The number of rotatable bonds is 7. The third-order valence-corrected chi connectivity index (χ3v) is 8.20. The molecule has 2 amide bonds. The molecular weight excluding hydrogens is 581 g/mol. The van der Waals surface area contributed by atoms with Gasteiger partial charge in [0.1, 0.15) is 0 Å². The summed E-state index contributed by atoms with van der Waals surface area (Å²) in [6.45, 7) is -1.99. The lowest BCUT2D eigenvalue weighted by atomic mass is 9.76. The Morgan fingerprint density at radius 1 is 1.02 bits per heavy atom. The molecule has 40 heavy (non-hydrogen) atoms. The van der Waals surface area contributed by atoms with Gasteiger partial charge < -0.3 is 10.2 Å². The molecule has 2 aliphatic rings. The van der Waals surface area contributed by atoms with Gasteiger partial charge in [0.25, 0.3) is 5.91 Å². The third-order valence-electron chi connectivity index (χ3n) is 7.22. The molecule has 1 aliphatic heterocycles. The third kappa shape index (κ3) is 6.26. The topological polar surface area (TPSA) is 95.6 Å². The number of halogens is 6. The van der Waals surface area contributed by atoms with E-state index in [0.717, 1.165) is 6.26 Å². The molecule has 0 unspecified atom stereocenters. The minimum Gasteiger partial charge on any atom is -0.349 e. The highest BCUT2D eigenvalue weighted by Gasteiger charge is 2.58. The molecule has 2 aromatic rings. The largest absolute Gasteiger partial charge is 0.455 e. The second kappa shape index (κ2) is 11.2. The molecule has 218 valence electrons. The standard InChI is InChI=1S/C26H27ClF5N3O4S/c1-40(38,39)34-19-8-4-5-9-20(19)35-22(15-10-12-16(27)13-11-15)21(17-6-2-3-7-18(17)24(35)37)23(36)33-14-25(28,29)26(30,31)32/h2-3,6-7,10-13,19-22,34H,4-5,8-9,14H2,1H3,(H,33,36)/t19-,20-,21+,22-/m0/s1. The second-order valence-electron chi connectivity index (χ2n) is 10.0. The van der Waals surface area contributed by atoms with Crippen molar-refractivity contribution in [2.75, 3.05) is 12.8 Å². The van der Waals surface area contributed by atoms with Crippen molar-refractivity contribution in [3.63, 3.8) is 0 Å². The van der Waals surface area contributed by atoms with Gasteiger partial charge in [-0.15, -0.1) is 0 Å². The van der Waals surface area contributed by atoms with Crippen LogP contribution < -0.4 is 10.0 Å². The summed E-state index contributed by atoms with van der Waals surface area (Å²) >= 11 is 6.06. The molecular formula is C26H27ClF5N3O4S. The number of carbonyl (C=O) groups is 2. The quantitative estimate of drug-likeness (QED) is 0.443. The van der Waals surface area contributed by atoms with Gasteiger partial charge in [-0.2, -0.15) is 22.0 Å². The lowest BCUT2D eigenvalue weighted by molar-refractivity contribution is -0.278. The number of benzene rings is 2. The summed E-state index contributed by atoms with van der Waals surface area (Å²) in [5.74, 6) is -8.24. The number of sulfonamides is 1. The lowest BCUT2D eigenvalue weighted by Gasteiger charge is -2.49. The van der Waals surface area contributed by atoms with Crippen LogP contribution in [-0.2, 0) is 14.8 Å². The summed E-state index contributed by atoms with van der Waals surface area (Å²) in [4.78, 5) is 28.9. The van der Waals surface area contributed by atoms with E-state index in [1.807, 2.05) is 0 Å². The van der Waals surface area contributed by atoms with Crippen LogP contribution in [0.25, 0.3) is 0 Å². The molecule has 7 nitrogen and oxygen atoms in total. The molecule has 4 rings (SSSR count). The number of hydrogen-bond donors (Lipinski definition) is 2. The Labute approximate surface area is 233 Å². The van der Waals surface area contributed by atoms with Gasteiger partial charge in [0.2, 0.25) is 15.9 Å². The van der Waals surface area contributed by atoms with Gasteiger partial charge in [-0.3, -0.25) is 9.59 Å². The van der Waals surface area contributed by atoms with E-state index in [1.54, 1.807) is 5.32 Å². The molecule has 0 radical (unpaired) electrons. The van der Waals surface area contributed by atoms with Crippen molar-refractivity contribution in [3.05, 3.63) is 70.2 Å². The van der Waals surface area contributed by atoms with Crippen LogP contribution in [0.2, 0.25) is 5.02 Å². The van der Waals surface area contributed by atoms with E-state index < -0.39 is 64.5 Å². The Hall–Kier alpha value is -2.77. The molecule has 0 bridgehead atoms. The lowest BCUT2D eigenvalue weighted by Crippen LogP contribution is -2.59. The number of carbonyl (C=O) groups excluding carboxylic acids is 2. The Morgan fingerprint density at radius 3 is 2.27 bits per heavy atom. The summed E-state index contributed by atoms with van der Waals surface area (Å²) in [5.41, 5.74) is 0.595. The average Bonchev–Trinajstić information content (AvgIpc) is 2.87. The summed E-state index contributed by atoms with van der Waals surface area (Å²) in [6.07, 6.45) is -2.82. The Balaban J connectivity index is 1.85. The van der Waals surface area contributed by atoms with Crippen LogP contribution >= 0.6 is 11.6 Å². The molecule has 0 spiro atoms. The summed E-state index contributed by atoms with van der Waals surface area (Å²) in [7, 11) is -3.70. The molecule has 2 N–H and O–H groups in total. The molecule has 4 atom stereocenters. The Bertz CT molecular complexity index is 1370. The number of amides is 2. The number of nitrogens with one attached hydrogen (secondary N) is 2. The van der Waals surface area contributed by atoms with Crippen LogP contribution in [0, 0.1) is 0 Å².